The van der Waals surface area contributed by atoms with Crippen LogP contribution in [0.25, 0.3) is 11.1 Å². The monoisotopic (exact) mass is 792 g/mol. The molecule has 57 heavy (non-hydrogen) atoms. The lowest BCUT2D eigenvalue weighted by atomic mass is 9.89. The third-order valence-electron chi connectivity index (χ3n) is 10.3. The summed E-state index contributed by atoms with van der Waals surface area (Å²) in [5, 5.41) is 3.40. The molecule has 0 saturated carbocycles. The fraction of sp³-hybridized carbons (Fsp3) is 0.356. The standard InChI is InChI=1S/C45H49ClN4O7/c46-35-22-19-33(20-23-35)29-55-36-27-39(40(51)26-34(16-8-3-11-25-47)42(52)43-48-37-17-9-10-18-41(37)57-43)50(28-36)44(53)38(24-21-31-12-4-1-5-13-31)49-45(54)56-30-32-14-6-2-7-15-32/h1-2,4-7,9-10,12-15,17-20,22-23,34,36,38-39H,3,8,11,16,21,24-30,47H2,(H,49,54)/t34-,36-,38-,39+/m1/s1. The van der Waals surface area contributed by atoms with Gasteiger partial charge in [-0.25, -0.2) is 9.78 Å². The van der Waals surface area contributed by atoms with E-state index < -0.39 is 36.1 Å². The van der Waals surface area contributed by atoms with Crippen molar-refractivity contribution in [3.63, 3.8) is 0 Å². The number of para-hydroxylation sites is 2. The maximum absolute atomic E-state index is 14.7. The van der Waals surface area contributed by atoms with Gasteiger partial charge in [-0.1, -0.05) is 109 Å². The Kier molecular flexibility index (Phi) is 15.0. The Balaban J connectivity index is 1.23. The Hall–Kier alpha value is -5.36. The molecule has 6 rings (SSSR count). The van der Waals surface area contributed by atoms with Gasteiger partial charge < -0.3 is 29.8 Å². The first-order valence-corrected chi connectivity index (χ1v) is 20.0. The molecule has 4 aromatic carbocycles. The van der Waals surface area contributed by atoms with Crippen molar-refractivity contribution < 1.29 is 33.1 Å². The van der Waals surface area contributed by atoms with Crippen LogP contribution in [0.15, 0.2) is 114 Å². The van der Waals surface area contributed by atoms with E-state index in [2.05, 4.69) is 10.3 Å². The minimum absolute atomic E-state index is 0.0263. The van der Waals surface area contributed by atoms with Gasteiger partial charge in [0.15, 0.2) is 11.4 Å². The number of benzene rings is 4. The first-order chi connectivity index (χ1) is 27.8. The van der Waals surface area contributed by atoms with Crippen LogP contribution in [-0.4, -0.2) is 64.7 Å². The second-order valence-corrected chi connectivity index (χ2v) is 14.9. The zero-order chi connectivity index (χ0) is 40.0. The molecule has 12 heteroatoms. The lowest BCUT2D eigenvalue weighted by Gasteiger charge is -2.29. The molecule has 0 unspecified atom stereocenters. The predicted octanol–water partition coefficient (Wildman–Crippen LogP) is 7.87. The summed E-state index contributed by atoms with van der Waals surface area (Å²) in [5.74, 6) is -1.84. The van der Waals surface area contributed by atoms with E-state index >= 15 is 0 Å². The number of alkyl carbamates (subject to hydrolysis) is 1. The Morgan fingerprint density at radius 2 is 1.51 bits per heavy atom. The highest BCUT2D eigenvalue weighted by molar-refractivity contribution is 6.30. The molecule has 0 radical (unpaired) electrons. The van der Waals surface area contributed by atoms with Gasteiger partial charge in [-0.3, -0.25) is 14.4 Å². The van der Waals surface area contributed by atoms with Gasteiger partial charge in [0.2, 0.25) is 11.7 Å². The maximum atomic E-state index is 14.7. The maximum Gasteiger partial charge on any atom is 0.408 e. The highest BCUT2D eigenvalue weighted by Gasteiger charge is 2.43. The summed E-state index contributed by atoms with van der Waals surface area (Å²) in [6.45, 7) is 0.912. The van der Waals surface area contributed by atoms with Gasteiger partial charge in [-0.2, -0.15) is 0 Å². The molecular formula is C45H49ClN4O7. The normalized spacial score (nSPS) is 16.3. The average molecular weight is 793 g/mol. The molecule has 1 aliphatic heterocycles. The summed E-state index contributed by atoms with van der Waals surface area (Å²) in [6, 6.07) is 31.4. The van der Waals surface area contributed by atoms with Gasteiger partial charge in [-0.05, 0) is 73.2 Å². The number of nitrogens with one attached hydrogen (secondary N) is 1. The molecule has 1 aliphatic rings. The zero-order valence-electron chi connectivity index (χ0n) is 31.9. The second-order valence-electron chi connectivity index (χ2n) is 14.4. The van der Waals surface area contributed by atoms with Crippen molar-refractivity contribution in [1.82, 2.24) is 15.2 Å². The highest BCUT2D eigenvalue weighted by atomic mass is 35.5. The lowest BCUT2D eigenvalue weighted by molar-refractivity contribution is -0.139. The Bertz CT molecular complexity index is 2040. The molecule has 0 bridgehead atoms. The number of nitrogens with zero attached hydrogens (tertiary/aromatic N) is 2. The first-order valence-electron chi connectivity index (χ1n) is 19.6. The van der Waals surface area contributed by atoms with Gasteiger partial charge in [0.25, 0.3) is 5.89 Å². The summed E-state index contributed by atoms with van der Waals surface area (Å²) in [4.78, 5) is 62.3. The van der Waals surface area contributed by atoms with Crippen LogP contribution in [0.4, 0.5) is 4.79 Å². The number of unbranched alkanes of at least 4 members (excludes halogenated alkanes) is 2. The number of carbonyl (C=O) groups is 4. The van der Waals surface area contributed by atoms with Crippen molar-refractivity contribution in [2.24, 2.45) is 11.7 Å². The quantitative estimate of drug-likeness (QED) is 0.0592. The molecule has 2 heterocycles. The van der Waals surface area contributed by atoms with Crippen LogP contribution < -0.4 is 11.1 Å². The van der Waals surface area contributed by atoms with E-state index in [4.69, 9.17) is 31.2 Å². The van der Waals surface area contributed by atoms with Crippen molar-refractivity contribution in [2.45, 2.75) is 82.8 Å². The number of hydrogen-bond acceptors (Lipinski definition) is 9. The topological polar surface area (TPSA) is 154 Å². The van der Waals surface area contributed by atoms with Crippen molar-refractivity contribution in [3.05, 3.63) is 137 Å². The van der Waals surface area contributed by atoms with E-state index in [1.165, 1.54) is 4.90 Å². The van der Waals surface area contributed by atoms with Gasteiger partial charge in [-0.15, -0.1) is 0 Å². The fourth-order valence-corrected chi connectivity index (χ4v) is 7.28. The molecule has 0 spiro atoms. The van der Waals surface area contributed by atoms with Gasteiger partial charge in [0.05, 0.1) is 18.8 Å². The fourth-order valence-electron chi connectivity index (χ4n) is 7.15. The van der Waals surface area contributed by atoms with Crippen LogP contribution in [0, 0.1) is 5.92 Å². The lowest BCUT2D eigenvalue weighted by Crippen LogP contribution is -2.52. The molecule has 11 nitrogen and oxygen atoms in total. The average Bonchev–Trinajstić information content (AvgIpc) is 3.88. The van der Waals surface area contributed by atoms with E-state index in [-0.39, 0.29) is 56.5 Å². The molecule has 1 saturated heterocycles. The number of nitrogens with two attached hydrogens (primary N) is 1. The molecular weight excluding hydrogens is 744 g/mol. The smallest absolute Gasteiger partial charge is 0.408 e. The van der Waals surface area contributed by atoms with Crippen LogP contribution in [-0.2, 0) is 38.7 Å². The van der Waals surface area contributed by atoms with Crippen LogP contribution in [0.5, 0.6) is 0 Å². The third-order valence-corrected chi connectivity index (χ3v) is 10.5. The molecule has 5 aromatic rings. The Labute approximate surface area is 337 Å². The number of rotatable bonds is 20. The molecule has 1 aromatic heterocycles. The van der Waals surface area contributed by atoms with Gasteiger partial charge in [0.1, 0.15) is 18.2 Å². The van der Waals surface area contributed by atoms with E-state index in [1.54, 1.807) is 30.3 Å². The van der Waals surface area contributed by atoms with E-state index in [0.717, 1.165) is 29.5 Å². The minimum atomic E-state index is -1.01. The molecule has 1 fully saturated rings. The number of likely N-dealkylation sites (tertiary alicyclic amines) is 1. The second kappa shape index (κ2) is 20.7. The summed E-state index contributed by atoms with van der Waals surface area (Å²) in [7, 11) is 0. The van der Waals surface area contributed by atoms with Crippen molar-refractivity contribution >= 4 is 46.3 Å². The number of halogens is 1. The number of hydrogen-bond donors (Lipinski definition) is 2. The van der Waals surface area contributed by atoms with E-state index in [0.29, 0.717) is 41.9 Å². The predicted molar refractivity (Wildman–Crippen MR) is 217 cm³/mol. The molecule has 2 amide bonds. The van der Waals surface area contributed by atoms with Crippen molar-refractivity contribution in [3.8, 4) is 0 Å². The first kappa shape index (κ1) is 41.3. The number of carbonyl (C=O) groups excluding carboxylic acids is 4. The SMILES string of the molecule is NCCCCC[C@H](CC(=O)[C@@H]1C[C@@H](OCc2ccc(Cl)cc2)CN1C(=O)[C@@H](CCc1ccccc1)NC(=O)OCc1ccccc1)C(=O)c1nc2ccccc2o1. The van der Waals surface area contributed by atoms with Gasteiger partial charge in [0, 0.05) is 30.3 Å². The molecule has 3 N–H and O–H groups in total. The van der Waals surface area contributed by atoms with Crippen LogP contribution in [0.1, 0.15) is 72.3 Å². The van der Waals surface area contributed by atoms with Gasteiger partial charge >= 0.3 is 6.09 Å². The largest absolute Gasteiger partial charge is 0.445 e. The summed E-state index contributed by atoms with van der Waals surface area (Å²) >= 11 is 6.10. The molecule has 0 aliphatic carbocycles. The Morgan fingerprint density at radius 3 is 2.23 bits per heavy atom. The molecule has 4 atom stereocenters. The minimum Gasteiger partial charge on any atom is -0.445 e. The summed E-state index contributed by atoms with van der Waals surface area (Å²) in [5.41, 5.74) is 9.46. The third kappa shape index (κ3) is 11.8. The van der Waals surface area contributed by atoms with Crippen LogP contribution >= 0.6 is 11.6 Å². The van der Waals surface area contributed by atoms with E-state index in [9.17, 15) is 19.2 Å². The number of amides is 2. The van der Waals surface area contributed by atoms with Crippen molar-refractivity contribution in [2.75, 3.05) is 13.1 Å². The van der Waals surface area contributed by atoms with Crippen molar-refractivity contribution in [1.29, 1.82) is 0 Å². The number of fused-ring (bicyclic) bond motifs is 1. The number of aromatic nitrogens is 1. The number of Topliss-reactive ketones (excluding diaryl/α,β-unsaturated/α-hetero) is 2. The highest BCUT2D eigenvalue weighted by Crippen LogP contribution is 2.29. The van der Waals surface area contributed by atoms with Crippen LogP contribution in [0.3, 0.4) is 0 Å². The number of oxazole rings is 1. The molecule has 298 valence electrons. The Morgan fingerprint density at radius 1 is 0.825 bits per heavy atom. The number of aryl methyl sites for hydroxylation is 1. The number of ketones is 2. The summed E-state index contributed by atoms with van der Waals surface area (Å²) < 4.78 is 17.7. The van der Waals surface area contributed by atoms with Crippen LogP contribution in [0.2, 0.25) is 5.02 Å². The zero-order valence-corrected chi connectivity index (χ0v) is 32.7. The summed E-state index contributed by atoms with van der Waals surface area (Å²) in [6.07, 6.45) is 2.30. The number of ether oxygens (including phenoxy) is 2. The van der Waals surface area contributed by atoms with E-state index in [1.807, 2.05) is 78.9 Å².